The average Bonchev–Trinajstić information content (AvgIpc) is 4.06. The number of cyclic esters (lactones) is 1. The van der Waals surface area contributed by atoms with Crippen LogP contribution in [0, 0.1) is 28.6 Å². The number of esters is 1. The van der Waals surface area contributed by atoms with Gasteiger partial charge in [0.25, 0.3) is 0 Å². The molecule has 2 aromatic heterocycles. The van der Waals surface area contributed by atoms with E-state index in [1.165, 1.54) is 17.4 Å². The van der Waals surface area contributed by atoms with Crippen LogP contribution in [0.25, 0.3) is 27.7 Å². The first-order valence-electron chi connectivity index (χ1n) is 25.3. The minimum absolute atomic E-state index is 0.112. The van der Waals surface area contributed by atoms with E-state index >= 15 is 9.59 Å². The molecule has 3 fully saturated rings. The number of rotatable bonds is 13. The number of carbonyl (C=O) groups excluding carboxylic acids is 5. The highest BCUT2D eigenvalue weighted by atomic mass is 32.1. The zero-order valence-electron chi connectivity index (χ0n) is 43.1. The number of fused-ring (bicyclic) bond motifs is 6. The van der Waals surface area contributed by atoms with Gasteiger partial charge in [-0.25, -0.2) is 15.2 Å². The number of aryl methyl sites for hydroxylation is 1. The van der Waals surface area contributed by atoms with E-state index in [1.807, 2.05) is 26.2 Å². The van der Waals surface area contributed by atoms with Crippen molar-refractivity contribution in [3.8, 4) is 11.3 Å². The maximum atomic E-state index is 15.5. The normalized spacial score (nSPS) is 23.2. The van der Waals surface area contributed by atoms with Crippen LogP contribution in [0.15, 0.2) is 54.1 Å². The summed E-state index contributed by atoms with van der Waals surface area (Å²) in [5.74, 6) is -1.84. The predicted octanol–water partition coefficient (Wildman–Crippen LogP) is 7.63. The predicted molar refractivity (Wildman–Crippen MR) is 275 cm³/mol. The van der Waals surface area contributed by atoms with Crippen molar-refractivity contribution < 1.29 is 33.4 Å². The third kappa shape index (κ3) is 10.4. The first kappa shape index (κ1) is 52.5. The summed E-state index contributed by atoms with van der Waals surface area (Å²) in [7, 11) is 5.07. The van der Waals surface area contributed by atoms with Crippen molar-refractivity contribution in [2.75, 3.05) is 54.0 Å². The molecule has 7 rings (SSSR count). The Bertz CT molecular complexity index is 2540. The van der Waals surface area contributed by atoms with Crippen molar-refractivity contribution in [3.63, 3.8) is 0 Å². The summed E-state index contributed by atoms with van der Waals surface area (Å²) in [5, 5.41) is 5.39. The van der Waals surface area contributed by atoms with Gasteiger partial charge in [0.2, 0.25) is 11.8 Å². The number of carbonyl (C=O) groups is 5. The van der Waals surface area contributed by atoms with Gasteiger partial charge in [-0.3, -0.25) is 24.2 Å². The number of urea groups is 1. The molecular formula is C54H76N8O7S. The van der Waals surface area contributed by atoms with Crippen molar-refractivity contribution in [1.29, 1.82) is 0 Å². The van der Waals surface area contributed by atoms with Crippen LogP contribution in [-0.4, -0.2) is 131 Å². The molecule has 4 amide bonds. The summed E-state index contributed by atoms with van der Waals surface area (Å²) in [6.45, 7) is 20.5. The average molecular weight is 981 g/mol. The Morgan fingerprint density at radius 1 is 1.10 bits per heavy atom. The van der Waals surface area contributed by atoms with Gasteiger partial charge in [0.1, 0.15) is 6.04 Å². The van der Waals surface area contributed by atoms with Crippen LogP contribution in [0.3, 0.4) is 0 Å². The molecule has 2 unspecified atom stereocenters. The summed E-state index contributed by atoms with van der Waals surface area (Å²) < 4.78 is 14.3. The Balaban J connectivity index is 1.30. The third-order valence-corrected chi connectivity index (χ3v) is 16.0. The van der Waals surface area contributed by atoms with Crippen LogP contribution in [0.1, 0.15) is 103 Å². The van der Waals surface area contributed by atoms with Gasteiger partial charge < -0.3 is 34.5 Å². The lowest BCUT2D eigenvalue weighted by Crippen LogP contribution is -2.62. The fourth-order valence-electron chi connectivity index (χ4n) is 11.4. The molecular weight excluding hydrogens is 905 g/mol. The van der Waals surface area contributed by atoms with E-state index in [0.29, 0.717) is 76.9 Å². The van der Waals surface area contributed by atoms with Crippen LogP contribution in [0.5, 0.6) is 0 Å². The molecule has 3 aliphatic heterocycles. The maximum absolute atomic E-state index is 15.5. The Morgan fingerprint density at radius 2 is 1.84 bits per heavy atom. The monoisotopic (exact) mass is 981 g/mol. The number of thiazole rings is 1. The lowest BCUT2D eigenvalue weighted by molar-refractivity contribution is -0.161. The zero-order valence-corrected chi connectivity index (χ0v) is 44.0. The fourth-order valence-corrected chi connectivity index (χ4v) is 12.3. The van der Waals surface area contributed by atoms with Crippen LogP contribution in [0.4, 0.5) is 4.79 Å². The molecule has 0 radical (unpaired) electrons. The number of nitrogens with zero attached hydrogens (tertiary/aromatic N) is 6. The Labute approximate surface area is 418 Å². The van der Waals surface area contributed by atoms with Crippen LogP contribution >= 0.6 is 11.3 Å². The second kappa shape index (κ2) is 21.6. The molecule has 4 aliphatic rings. The van der Waals surface area contributed by atoms with Gasteiger partial charge in [-0.05, 0) is 82.1 Å². The molecule has 70 heavy (non-hydrogen) atoms. The van der Waals surface area contributed by atoms with Gasteiger partial charge in [-0.15, -0.1) is 11.3 Å². The second-order valence-corrected chi connectivity index (χ2v) is 22.1. The summed E-state index contributed by atoms with van der Waals surface area (Å²) >= 11 is 1.49. The number of likely N-dealkylation sites (N-methyl/N-ethyl adjacent to an activating group) is 2. The highest BCUT2D eigenvalue weighted by Crippen LogP contribution is 2.50. The number of amides is 4. The third-order valence-electron chi connectivity index (χ3n) is 15.2. The number of nitrogens with one attached hydrogen (secondary N) is 1. The SMILES string of the molecule is C=CC(=O)N(C)CC1CN(C(=O)N(C)[C@H](C(=O)C2CCCC23Cc2nc(cs2)-c2ccc4c(c2)c(c(C(/C=C\CC)=C(/N)[C@H](C)OC)n4CC)CC(C)(C)COC(=O)[C@@H]2CCCN(N2)C3=O)C(C)C)C1. The smallest absolute Gasteiger partial charge is 0.324 e. The molecule has 5 heterocycles. The quantitative estimate of drug-likeness (QED) is 0.0986. The van der Waals surface area contributed by atoms with Gasteiger partial charge in [-0.1, -0.05) is 65.8 Å². The molecule has 3 N–H and O–H groups in total. The van der Waals surface area contributed by atoms with Crippen molar-refractivity contribution in [2.24, 2.45) is 34.3 Å². The first-order chi connectivity index (χ1) is 33.3. The molecule has 2 saturated heterocycles. The fraction of sp³-hybridized carbons (Fsp3) is 0.593. The van der Waals surface area contributed by atoms with Gasteiger partial charge >= 0.3 is 12.0 Å². The number of hydrogen-bond acceptors (Lipinski definition) is 11. The number of methoxy groups -OCH3 is 1. The van der Waals surface area contributed by atoms with E-state index in [2.05, 4.69) is 74.6 Å². The summed E-state index contributed by atoms with van der Waals surface area (Å²) in [4.78, 5) is 81.4. The number of ketones is 1. The minimum atomic E-state index is -1.20. The second-order valence-electron chi connectivity index (χ2n) is 21.2. The van der Waals surface area contributed by atoms with E-state index in [9.17, 15) is 14.4 Å². The number of benzene rings is 1. The van der Waals surface area contributed by atoms with Gasteiger partial charge in [0.05, 0.1) is 40.6 Å². The number of aromatic nitrogens is 2. The Kier molecular flexibility index (Phi) is 16.2. The molecule has 1 saturated carbocycles. The minimum Gasteiger partial charge on any atom is -0.464 e. The lowest BCUT2D eigenvalue weighted by atomic mass is 9.70. The summed E-state index contributed by atoms with van der Waals surface area (Å²) in [6, 6.07) is 4.62. The number of Topliss-reactive ketones (excluding diaryl/α,β-unsaturated/α-hetero) is 1. The van der Waals surface area contributed by atoms with E-state index in [-0.39, 0.29) is 54.6 Å². The Hall–Kier alpha value is -5.32. The van der Waals surface area contributed by atoms with E-state index < -0.39 is 34.8 Å². The number of ether oxygens (including phenoxy) is 2. The number of nitrogens with two attached hydrogens (primary N) is 1. The van der Waals surface area contributed by atoms with E-state index in [4.69, 9.17) is 20.2 Å². The molecule has 1 spiro atoms. The van der Waals surface area contributed by atoms with E-state index in [0.717, 1.165) is 50.4 Å². The van der Waals surface area contributed by atoms with Crippen molar-refractivity contribution in [1.82, 2.24) is 34.7 Å². The molecule has 1 aliphatic carbocycles. The van der Waals surface area contributed by atoms with Crippen LogP contribution in [0.2, 0.25) is 0 Å². The standard InChI is InChI=1S/C54H76N8O7S/c1-12-15-18-37(46(55)34(6)68-11)48-39-26-53(7,8)32-69-50(65)41-20-17-24-62(57-41)51(66)54(27-44-56-42(31-70-44)36-21-22-43(38(39)25-36)61(48)14-3)23-16-19-40(54)49(64)47(33(4)5)59(10)52(67)60-29-35(30-60)28-58(9)45(63)13-2/h13,15,18,21-22,25,31,33-35,40-41,47,57H,2,12,14,16-17,19-20,23-24,26-30,32,55H2,1,3-11H3/b18-15-,46-37+/t34-,40?,41-,47-,54?/m0/s1. The maximum Gasteiger partial charge on any atom is 0.324 e. The van der Waals surface area contributed by atoms with Gasteiger partial charge in [-0.2, -0.15) is 0 Å². The molecule has 1 aromatic carbocycles. The summed E-state index contributed by atoms with van der Waals surface area (Å²) in [6.07, 6.45) is 9.38. The highest BCUT2D eigenvalue weighted by molar-refractivity contribution is 7.10. The van der Waals surface area contributed by atoms with E-state index in [1.54, 1.807) is 40.9 Å². The molecule has 3 aromatic rings. The summed E-state index contributed by atoms with van der Waals surface area (Å²) in [5.41, 5.74) is 14.9. The highest BCUT2D eigenvalue weighted by Gasteiger charge is 2.56. The molecule has 15 nitrogen and oxygen atoms in total. The first-order valence-corrected chi connectivity index (χ1v) is 26.1. The number of hydrogen-bond donors (Lipinski definition) is 2. The zero-order chi connectivity index (χ0) is 50.8. The van der Waals surface area contributed by atoms with Gasteiger partial charge in [0, 0.05) is 111 Å². The molecule has 16 heteroatoms. The number of allylic oxidation sites excluding steroid dienone is 3. The molecule has 380 valence electrons. The topological polar surface area (TPSA) is 173 Å². The molecule has 5 atom stereocenters. The van der Waals surface area contributed by atoms with Crippen LogP contribution in [-0.2, 0) is 48.0 Å². The lowest BCUT2D eigenvalue weighted by Gasteiger charge is -2.45. The Morgan fingerprint density at radius 3 is 2.51 bits per heavy atom. The largest absolute Gasteiger partial charge is 0.464 e. The van der Waals surface area contributed by atoms with Gasteiger partial charge in [0.15, 0.2) is 5.78 Å². The van der Waals surface area contributed by atoms with Crippen molar-refractivity contribution in [2.45, 2.75) is 125 Å². The van der Waals surface area contributed by atoms with Crippen molar-refractivity contribution >= 4 is 57.4 Å². The molecule has 6 bridgehead atoms. The van der Waals surface area contributed by atoms with Crippen molar-refractivity contribution in [3.05, 3.63) is 70.3 Å². The number of likely N-dealkylation sites (tertiary alicyclic amines) is 1. The van der Waals surface area contributed by atoms with Crippen LogP contribution < -0.4 is 11.2 Å². The number of hydrazine groups is 1.